The Morgan fingerprint density at radius 1 is 1.28 bits per heavy atom. The molecule has 0 spiro atoms. The topological polar surface area (TPSA) is 107 Å². The van der Waals surface area contributed by atoms with Gasteiger partial charge in [-0.25, -0.2) is 16.8 Å². The van der Waals surface area contributed by atoms with Crippen LogP contribution >= 0.6 is 12.4 Å². The number of hydrogen-bond donors (Lipinski definition) is 1. The Hall–Kier alpha value is -0.870. The molecule has 0 amide bonds. The number of methoxy groups -OCH3 is 1. The lowest BCUT2D eigenvalue weighted by Crippen LogP contribution is -2.45. The van der Waals surface area contributed by atoms with Crippen LogP contribution in [0.4, 0.5) is 0 Å². The van der Waals surface area contributed by atoms with Crippen molar-refractivity contribution in [3.63, 3.8) is 0 Å². The Morgan fingerprint density at radius 3 is 2.44 bits per heavy atom. The molecule has 0 bridgehead atoms. The molecule has 7 nitrogen and oxygen atoms in total. The maximum atomic E-state index is 13.0. The fourth-order valence-electron chi connectivity index (χ4n) is 2.85. The van der Waals surface area contributed by atoms with Crippen molar-refractivity contribution in [2.24, 2.45) is 11.7 Å². The molecule has 0 aromatic heterocycles. The normalized spacial score (nSPS) is 20.6. The predicted octanol–water partition coefficient (Wildman–Crippen LogP) is 1.27. The summed E-state index contributed by atoms with van der Waals surface area (Å²) in [5.41, 5.74) is 5.92. The van der Waals surface area contributed by atoms with Gasteiger partial charge in [0.2, 0.25) is 10.0 Å². The molecule has 1 aromatic carbocycles. The third kappa shape index (κ3) is 4.85. The fourth-order valence-corrected chi connectivity index (χ4v) is 5.29. The van der Waals surface area contributed by atoms with Crippen LogP contribution < -0.4 is 10.5 Å². The van der Waals surface area contributed by atoms with Crippen LogP contribution in [0, 0.1) is 5.92 Å². The van der Waals surface area contributed by atoms with Gasteiger partial charge in [-0.2, -0.15) is 4.31 Å². The van der Waals surface area contributed by atoms with Crippen LogP contribution in [0.5, 0.6) is 5.75 Å². The summed E-state index contributed by atoms with van der Waals surface area (Å²) in [5.74, 6) is 0.211. The molecule has 1 saturated heterocycles. The second-order valence-corrected chi connectivity index (χ2v) is 10.1. The molecule has 25 heavy (non-hydrogen) atoms. The number of ether oxygens (including phenoxy) is 1. The number of rotatable bonds is 5. The van der Waals surface area contributed by atoms with Gasteiger partial charge in [0, 0.05) is 25.4 Å². The van der Waals surface area contributed by atoms with Gasteiger partial charge in [0.15, 0.2) is 9.84 Å². The van der Waals surface area contributed by atoms with Crippen molar-refractivity contribution in [2.45, 2.75) is 35.6 Å². The van der Waals surface area contributed by atoms with Gasteiger partial charge in [0.05, 0.1) is 12.0 Å². The molecule has 2 unspecified atom stereocenters. The zero-order valence-corrected chi connectivity index (χ0v) is 17.0. The monoisotopic (exact) mass is 412 g/mol. The van der Waals surface area contributed by atoms with E-state index in [1.54, 1.807) is 0 Å². The molecule has 0 saturated carbocycles. The molecule has 1 fully saturated rings. The maximum Gasteiger partial charge on any atom is 0.246 e. The Morgan fingerprint density at radius 2 is 1.92 bits per heavy atom. The van der Waals surface area contributed by atoms with Crippen molar-refractivity contribution in [3.05, 3.63) is 18.2 Å². The zero-order chi connectivity index (χ0) is 18.1. The number of hydrogen-bond acceptors (Lipinski definition) is 6. The van der Waals surface area contributed by atoms with Crippen LogP contribution in [0.1, 0.15) is 19.8 Å². The fraction of sp³-hybridized carbons (Fsp3) is 0.600. The van der Waals surface area contributed by atoms with Gasteiger partial charge in [-0.1, -0.05) is 0 Å². The summed E-state index contributed by atoms with van der Waals surface area (Å²) in [6, 6.07) is 3.77. The first-order valence-corrected chi connectivity index (χ1v) is 11.0. The van der Waals surface area contributed by atoms with E-state index in [-0.39, 0.29) is 39.9 Å². The molecule has 0 aliphatic carbocycles. The number of nitrogens with two attached hydrogens (primary N) is 1. The van der Waals surface area contributed by atoms with E-state index < -0.39 is 19.9 Å². The number of sulfonamides is 1. The minimum Gasteiger partial charge on any atom is -0.495 e. The van der Waals surface area contributed by atoms with Crippen LogP contribution in [0.15, 0.2) is 28.0 Å². The Labute approximate surface area is 155 Å². The average Bonchev–Trinajstić information content (AvgIpc) is 2.53. The highest BCUT2D eigenvalue weighted by Gasteiger charge is 2.34. The molecule has 10 heteroatoms. The summed E-state index contributed by atoms with van der Waals surface area (Å²) >= 11 is 0. The molecule has 2 atom stereocenters. The summed E-state index contributed by atoms with van der Waals surface area (Å²) < 4.78 is 56.1. The van der Waals surface area contributed by atoms with E-state index in [1.165, 1.54) is 29.6 Å². The molecule has 0 radical (unpaired) electrons. The van der Waals surface area contributed by atoms with Gasteiger partial charge in [0.1, 0.15) is 10.6 Å². The SMILES string of the molecule is COc1ccc(S(C)(=O)=O)cc1S(=O)(=O)N1CCCC(C(C)N)C1.Cl. The van der Waals surface area contributed by atoms with Crippen molar-refractivity contribution in [2.75, 3.05) is 26.5 Å². The van der Waals surface area contributed by atoms with Crippen molar-refractivity contribution in [1.82, 2.24) is 4.31 Å². The van der Waals surface area contributed by atoms with Crippen LogP contribution in [0.2, 0.25) is 0 Å². The largest absolute Gasteiger partial charge is 0.495 e. The highest BCUT2D eigenvalue weighted by atomic mass is 35.5. The molecule has 144 valence electrons. The molecular formula is C15H25ClN2O5S2. The van der Waals surface area contributed by atoms with Crippen molar-refractivity contribution < 1.29 is 21.6 Å². The van der Waals surface area contributed by atoms with Gasteiger partial charge < -0.3 is 10.5 Å². The standard InChI is InChI=1S/C15H24N2O5S2.ClH/c1-11(16)12-5-4-8-17(10-12)24(20,21)15-9-13(23(3,18)19)6-7-14(15)22-2;/h6-7,9,11-12H,4-5,8,10,16H2,1-3H3;1H. The van der Waals surface area contributed by atoms with E-state index >= 15 is 0 Å². The van der Waals surface area contributed by atoms with E-state index in [0.717, 1.165) is 19.1 Å². The van der Waals surface area contributed by atoms with Gasteiger partial charge in [-0.05, 0) is 43.9 Å². The summed E-state index contributed by atoms with van der Waals surface area (Å²) in [6.45, 7) is 2.58. The van der Waals surface area contributed by atoms with Crippen LogP contribution in [0.25, 0.3) is 0 Å². The lowest BCUT2D eigenvalue weighted by Gasteiger charge is -2.34. The minimum atomic E-state index is -3.87. The Balaban J connectivity index is 0.00000312. The van der Waals surface area contributed by atoms with Gasteiger partial charge in [0.25, 0.3) is 0 Å². The summed E-state index contributed by atoms with van der Waals surface area (Å²) in [4.78, 5) is -0.180. The Kier molecular flexibility index (Phi) is 7.29. The lowest BCUT2D eigenvalue weighted by molar-refractivity contribution is 0.242. The van der Waals surface area contributed by atoms with Crippen molar-refractivity contribution in [1.29, 1.82) is 0 Å². The van der Waals surface area contributed by atoms with Crippen molar-refractivity contribution >= 4 is 32.3 Å². The molecule has 2 N–H and O–H groups in total. The second-order valence-electron chi connectivity index (χ2n) is 6.21. The lowest BCUT2D eigenvalue weighted by atomic mass is 9.93. The second kappa shape index (κ2) is 8.22. The van der Waals surface area contributed by atoms with Crippen molar-refractivity contribution in [3.8, 4) is 5.75 Å². The number of halogens is 1. The highest BCUT2D eigenvalue weighted by Crippen LogP contribution is 2.32. The van der Waals surface area contributed by atoms with E-state index in [1.807, 2.05) is 6.92 Å². The maximum absolute atomic E-state index is 13.0. The van der Waals surface area contributed by atoms with Crippen LogP contribution in [0.3, 0.4) is 0 Å². The van der Waals surface area contributed by atoms with E-state index in [2.05, 4.69) is 0 Å². The summed E-state index contributed by atoms with van der Waals surface area (Å²) in [6.07, 6.45) is 2.64. The van der Waals surface area contributed by atoms with Crippen LogP contribution in [-0.4, -0.2) is 53.6 Å². The number of piperidine rings is 1. The Bertz CT molecular complexity index is 809. The van der Waals surface area contributed by atoms with E-state index in [9.17, 15) is 16.8 Å². The zero-order valence-electron chi connectivity index (χ0n) is 14.5. The number of benzene rings is 1. The average molecular weight is 413 g/mol. The van der Waals surface area contributed by atoms with Gasteiger partial charge in [-0.15, -0.1) is 12.4 Å². The summed E-state index contributed by atoms with van der Waals surface area (Å²) in [7, 11) is -6.03. The molecular weight excluding hydrogens is 388 g/mol. The first-order valence-electron chi connectivity index (χ1n) is 7.71. The third-order valence-corrected chi connectivity index (χ3v) is 7.34. The highest BCUT2D eigenvalue weighted by molar-refractivity contribution is 7.91. The molecule has 1 aliphatic heterocycles. The van der Waals surface area contributed by atoms with E-state index in [0.29, 0.717) is 13.1 Å². The minimum absolute atomic E-state index is 0. The van der Waals surface area contributed by atoms with Gasteiger partial charge in [-0.3, -0.25) is 0 Å². The first-order chi connectivity index (χ1) is 11.1. The molecule has 1 aliphatic rings. The first kappa shape index (κ1) is 22.2. The summed E-state index contributed by atoms with van der Waals surface area (Å²) in [5, 5.41) is 0. The van der Waals surface area contributed by atoms with Crippen LogP contribution in [-0.2, 0) is 19.9 Å². The predicted molar refractivity (Wildman–Crippen MR) is 98.5 cm³/mol. The number of nitrogens with zero attached hydrogens (tertiary/aromatic N) is 1. The smallest absolute Gasteiger partial charge is 0.246 e. The van der Waals surface area contributed by atoms with Gasteiger partial charge >= 0.3 is 0 Å². The molecule has 1 heterocycles. The molecule has 2 rings (SSSR count). The molecule has 1 aromatic rings. The quantitative estimate of drug-likeness (QED) is 0.780. The third-order valence-electron chi connectivity index (χ3n) is 4.35. The van der Waals surface area contributed by atoms with E-state index in [4.69, 9.17) is 10.5 Å². The number of sulfone groups is 1.